The van der Waals surface area contributed by atoms with Crippen LogP contribution in [0, 0.1) is 23.7 Å². The van der Waals surface area contributed by atoms with Gasteiger partial charge in [0.1, 0.15) is 5.69 Å². The Labute approximate surface area is 136 Å². The van der Waals surface area contributed by atoms with E-state index in [0.717, 1.165) is 17.7 Å². The number of allylic oxidation sites excluding steroid dienone is 2. The average Bonchev–Trinajstić information content (AvgIpc) is 3.33. The molecule has 2 fully saturated rings. The molecular formula is C17H13N3O2S. The molecule has 2 amide bonds. The van der Waals surface area contributed by atoms with Crippen LogP contribution in [0.2, 0.25) is 0 Å². The van der Waals surface area contributed by atoms with E-state index in [1.165, 1.54) is 16.4 Å². The van der Waals surface area contributed by atoms with Crippen LogP contribution < -0.4 is 4.90 Å². The Kier molecular flexibility index (Phi) is 2.61. The molecule has 0 N–H and O–H groups in total. The number of hydrogen-bond donors (Lipinski definition) is 0. The average molecular weight is 323 g/mol. The Morgan fingerprint density at radius 2 is 1.65 bits per heavy atom. The molecule has 3 aliphatic rings. The Bertz CT molecular complexity index is 798. The standard InChI is InChI=1S/C17H13N3O2S/c21-16-14-10-1-2-11(7-10)15(14)17(22)20(16)12-5-3-9(4-6-12)13-8-23-19-18-13/h1-6,8,10-11,14-15H,7H2. The minimum absolute atomic E-state index is 0.0417. The summed E-state index contributed by atoms with van der Waals surface area (Å²) in [4.78, 5) is 26.9. The number of rotatable bonds is 2. The number of carbonyl (C=O) groups excluding carboxylic acids is 2. The van der Waals surface area contributed by atoms with Crippen LogP contribution in [0.3, 0.4) is 0 Å². The van der Waals surface area contributed by atoms with Crippen LogP contribution in [0.25, 0.3) is 11.3 Å². The van der Waals surface area contributed by atoms with E-state index >= 15 is 0 Å². The van der Waals surface area contributed by atoms with Gasteiger partial charge in [-0.3, -0.25) is 14.5 Å². The Hall–Kier alpha value is -2.34. The van der Waals surface area contributed by atoms with Crippen LogP contribution >= 0.6 is 11.5 Å². The van der Waals surface area contributed by atoms with Crippen molar-refractivity contribution in [3.8, 4) is 11.3 Å². The number of aromatic nitrogens is 2. The van der Waals surface area contributed by atoms with Gasteiger partial charge in [0, 0.05) is 10.9 Å². The van der Waals surface area contributed by atoms with E-state index in [1.807, 2.05) is 29.6 Å². The van der Waals surface area contributed by atoms with E-state index < -0.39 is 0 Å². The number of benzene rings is 1. The second-order valence-electron chi connectivity index (χ2n) is 6.35. The van der Waals surface area contributed by atoms with Gasteiger partial charge in [0.2, 0.25) is 11.8 Å². The summed E-state index contributed by atoms with van der Waals surface area (Å²) in [5, 5.41) is 5.90. The van der Waals surface area contributed by atoms with Crippen LogP contribution in [0.4, 0.5) is 5.69 Å². The third kappa shape index (κ3) is 1.72. The van der Waals surface area contributed by atoms with E-state index in [1.54, 1.807) is 0 Å². The van der Waals surface area contributed by atoms with Crippen molar-refractivity contribution < 1.29 is 9.59 Å². The number of amides is 2. The third-order valence-electron chi connectivity index (χ3n) is 5.25. The predicted octanol–water partition coefficient (Wildman–Crippen LogP) is 2.52. The third-order valence-corrected chi connectivity index (χ3v) is 5.76. The highest BCUT2D eigenvalue weighted by molar-refractivity contribution is 7.03. The predicted molar refractivity (Wildman–Crippen MR) is 85.6 cm³/mol. The molecule has 4 unspecified atom stereocenters. The first-order valence-corrected chi connectivity index (χ1v) is 8.51. The van der Waals surface area contributed by atoms with E-state index in [9.17, 15) is 9.59 Å². The van der Waals surface area contributed by atoms with Crippen LogP contribution in [0.5, 0.6) is 0 Å². The summed E-state index contributed by atoms with van der Waals surface area (Å²) >= 11 is 1.30. The SMILES string of the molecule is O=C1C2C3C=CC(C3)C2C(=O)N1c1ccc(-c2csnn2)cc1. The van der Waals surface area contributed by atoms with Crippen molar-refractivity contribution in [2.24, 2.45) is 23.7 Å². The molecule has 23 heavy (non-hydrogen) atoms. The van der Waals surface area contributed by atoms with Crippen molar-refractivity contribution >= 4 is 29.0 Å². The number of anilines is 1. The molecule has 1 aromatic heterocycles. The first kappa shape index (κ1) is 13.1. The summed E-state index contributed by atoms with van der Waals surface area (Å²) in [6.07, 6.45) is 5.17. The lowest BCUT2D eigenvalue weighted by molar-refractivity contribution is -0.123. The van der Waals surface area contributed by atoms with E-state index in [2.05, 4.69) is 21.7 Å². The van der Waals surface area contributed by atoms with E-state index in [-0.39, 0.29) is 35.5 Å². The maximum atomic E-state index is 12.8. The van der Waals surface area contributed by atoms with E-state index in [0.29, 0.717) is 5.69 Å². The molecule has 0 radical (unpaired) electrons. The van der Waals surface area contributed by atoms with Crippen molar-refractivity contribution in [2.45, 2.75) is 6.42 Å². The van der Waals surface area contributed by atoms with Crippen LogP contribution in [0.15, 0.2) is 41.8 Å². The fraction of sp³-hybridized carbons (Fsp3) is 0.294. The summed E-state index contributed by atoms with van der Waals surface area (Å²) in [5.74, 6) is 0.0956. The zero-order valence-corrected chi connectivity index (χ0v) is 12.9. The highest BCUT2D eigenvalue weighted by Gasteiger charge is 2.59. The van der Waals surface area contributed by atoms with Crippen molar-refractivity contribution in [3.63, 3.8) is 0 Å². The number of imide groups is 1. The highest BCUT2D eigenvalue weighted by Crippen LogP contribution is 2.53. The van der Waals surface area contributed by atoms with E-state index in [4.69, 9.17) is 0 Å². The summed E-state index contributed by atoms with van der Waals surface area (Å²) < 4.78 is 3.85. The molecule has 2 aromatic rings. The Balaban J connectivity index is 1.49. The van der Waals surface area contributed by atoms with Gasteiger partial charge in [0.05, 0.1) is 17.5 Å². The van der Waals surface area contributed by atoms with Crippen LogP contribution in [0.1, 0.15) is 6.42 Å². The second-order valence-corrected chi connectivity index (χ2v) is 6.96. The zero-order valence-electron chi connectivity index (χ0n) is 12.1. The zero-order chi connectivity index (χ0) is 15.6. The summed E-state index contributed by atoms with van der Waals surface area (Å²) in [7, 11) is 0. The van der Waals surface area contributed by atoms with Crippen molar-refractivity contribution in [1.82, 2.24) is 9.59 Å². The number of hydrogen-bond acceptors (Lipinski definition) is 5. The highest BCUT2D eigenvalue weighted by atomic mass is 32.1. The molecule has 2 aliphatic carbocycles. The largest absolute Gasteiger partial charge is 0.274 e. The van der Waals surface area contributed by atoms with Crippen LogP contribution in [-0.2, 0) is 9.59 Å². The molecule has 2 heterocycles. The molecule has 0 spiro atoms. The van der Waals surface area contributed by atoms with Gasteiger partial charge in [-0.05, 0) is 41.9 Å². The van der Waals surface area contributed by atoms with Gasteiger partial charge in [-0.15, -0.1) is 5.10 Å². The first-order valence-electron chi connectivity index (χ1n) is 7.67. The molecule has 1 aromatic carbocycles. The topological polar surface area (TPSA) is 63.2 Å². The molecule has 4 atom stereocenters. The Morgan fingerprint density at radius 3 is 2.22 bits per heavy atom. The van der Waals surface area contributed by atoms with Gasteiger partial charge in [-0.1, -0.05) is 28.8 Å². The minimum Gasteiger partial charge on any atom is -0.274 e. The second kappa shape index (κ2) is 4.58. The smallest absolute Gasteiger partial charge is 0.238 e. The van der Waals surface area contributed by atoms with Gasteiger partial charge in [0.25, 0.3) is 0 Å². The van der Waals surface area contributed by atoms with Crippen molar-refractivity contribution in [1.29, 1.82) is 0 Å². The monoisotopic (exact) mass is 323 g/mol. The minimum atomic E-state index is -0.153. The molecule has 1 saturated carbocycles. The number of nitrogens with zero attached hydrogens (tertiary/aromatic N) is 3. The maximum absolute atomic E-state index is 12.8. The molecule has 1 saturated heterocycles. The van der Waals surface area contributed by atoms with Crippen molar-refractivity contribution in [3.05, 3.63) is 41.8 Å². The maximum Gasteiger partial charge on any atom is 0.238 e. The lowest BCUT2D eigenvalue weighted by Crippen LogP contribution is -2.32. The fourth-order valence-corrected chi connectivity index (χ4v) is 4.69. The van der Waals surface area contributed by atoms with Gasteiger partial charge in [-0.25, -0.2) is 0 Å². The molecule has 5 nitrogen and oxygen atoms in total. The molecule has 1 aliphatic heterocycles. The number of carbonyl (C=O) groups is 2. The molecular weight excluding hydrogens is 310 g/mol. The van der Waals surface area contributed by atoms with Gasteiger partial charge >= 0.3 is 0 Å². The summed E-state index contributed by atoms with van der Waals surface area (Å²) in [6, 6.07) is 7.41. The number of fused-ring (bicyclic) bond motifs is 5. The molecule has 5 rings (SSSR count). The van der Waals surface area contributed by atoms with Gasteiger partial charge in [-0.2, -0.15) is 0 Å². The van der Waals surface area contributed by atoms with Gasteiger partial charge in [0.15, 0.2) is 0 Å². The molecule has 2 bridgehead atoms. The summed E-state index contributed by atoms with van der Waals surface area (Å²) in [5.41, 5.74) is 2.39. The molecule has 114 valence electrons. The van der Waals surface area contributed by atoms with Crippen LogP contribution in [-0.4, -0.2) is 21.4 Å². The summed E-state index contributed by atoms with van der Waals surface area (Å²) in [6.45, 7) is 0. The fourth-order valence-electron chi connectivity index (χ4n) is 4.23. The lowest BCUT2D eigenvalue weighted by Gasteiger charge is -2.17. The Morgan fingerprint density at radius 1 is 1.00 bits per heavy atom. The lowest BCUT2D eigenvalue weighted by atomic mass is 9.85. The molecule has 6 heteroatoms. The van der Waals surface area contributed by atoms with Crippen molar-refractivity contribution in [2.75, 3.05) is 4.90 Å². The van der Waals surface area contributed by atoms with Gasteiger partial charge < -0.3 is 0 Å². The first-order chi connectivity index (χ1) is 11.2. The normalized spacial score (nSPS) is 31.2. The quantitative estimate of drug-likeness (QED) is 0.629.